The molecule has 0 fully saturated rings. The van der Waals surface area contributed by atoms with Crippen molar-refractivity contribution in [1.82, 2.24) is 0 Å². The number of halogens is 1. The number of nitrogens with two attached hydrogens (primary N) is 1. The quantitative estimate of drug-likeness (QED) is 0.478. The number of sulfonamides is 1. The molecule has 1 aromatic rings. The van der Waals surface area contributed by atoms with E-state index in [0.717, 1.165) is 0 Å². The van der Waals surface area contributed by atoms with E-state index in [1.54, 1.807) is 6.07 Å². The number of para-hydroxylation sites is 1. The molecule has 1 aromatic carbocycles. The third kappa shape index (κ3) is 4.59. The topological polar surface area (TPSA) is 113 Å². The summed E-state index contributed by atoms with van der Waals surface area (Å²) in [4.78, 5) is 10.2. The Hall–Kier alpha value is -1.19. The molecule has 0 unspecified atom stereocenters. The normalized spacial score (nSPS) is 11.2. The van der Waals surface area contributed by atoms with Gasteiger partial charge in [0.1, 0.15) is 0 Å². The predicted octanol–water partition coefficient (Wildman–Crippen LogP) is 1.41. The van der Waals surface area contributed by atoms with E-state index in [1.165, 1.54) is 12.1 Å². The highest BCUT2D eigenvalue weighted by molar-refractivity contribution is 9.10. The van der Waals surface area contributed by atoms with Crippen LogP contribution in [0.4, 0.5) is 5.69 Å². The molecule has 0 saturated heterocycles. The van der Waals surface area contributed by atoms with Gasteiger partial charge in [0.2, 0.25) is 15.8 Å². The Bertz CT molecular complexity index is 546. The summed E-state index contributed by atoms with van der Waals surface area (Å²) < 4.78 is 27.0. The van der Waals surface area contributed by atoms with Crippen molar-refractivity contribution in [1.29, 1.82) is 0 Å². The van der Waals surface area contributed by atoms with Crippen LogP contribution in [0.1, 0.15) is 6.42 Å². The monoisotopic (exact) mass is 338 g/mol. The predicted molar refractivity (Wildman–Crippen MR) is 68.9 cm³/mol. The summed E-state index contributed by atoms with van der Waals surface area (Å²) in [6.07, 6.45) is 0.164. The summed E-state index contributed by atoms with van der Waals surface area (Å²) in [6, 6.07) is 4.42. The van der Waals surface area contributed by atoms with Crippen LogP contribution in [0.2, 0.25) is 0 Å². The molecule has 0 amide bonds. The lowest BCUT2D eigenvalue weighted by Gasteiger charge is -2.07. The third-order valence-electron chi connectivity index (χ3n) is 1.96. The standard InChI is InChI=1S/C9H11BrN2O5S/c10-7-3-1-4-8(12(13)14)9(7)17-5-2-6-18(11,15)16/h1,3-4H,2,5-6H2,(H2,11,15,16). The van der Waals surface area contributed by atoms with Crippen LogP contribution >= 0.6 is 15.9 Å². The summed E-state index contributed by atoms with van der Waals surface area (Å²) in [7, 11) is -3.54. The van der Waals surface area contributed by atoms with Gasteiger partial charge in [0.05, 0.1) is 21.8 Å². The van der Waals surface area contributed by atoms with Gasteiger partial charge in [-0.05, 0) is 28.4 Å². The molecule has 2 N–H and O–H groups in total. The minimum absolute atomic E-state index is 0.0277. The van der Waals surface area contributed by atoms with E-state index in [2.05, 4.69) is 15.9 Å². The number of rotatable bonds is 6. The second-order valence-corrected chi connectivity index (χ2v) is 6.00. The van der Waals surface area contributed by atoms with Gasteiger partial charge in [0.25, 0.3) is 0 Å². The van der Waals surface area contributed by atoms with Crippen LogP contribution in [0.3, 0.4) is 0 Å². The first-order valence-electron chi connectivity index (χ1n) is 4.87. The molecule has 0 bridgehead atoms. The first kappa shape index (κ1) is 14.9. The molecule has 0 aliphatic carbocycles. The van der Waals surface area contributed by atoms with E-state index >= 15 is 0 Å². The highest BCUT2D eigenvalue weighted by Crippen LogP contribution is 2.34. The van der Waals surface area contributed by atoms with Crippen LogP contribution in [-0.2, 0) is 10.0 Å². The Kier molecular flexibility index (Phi) is 5.05. The molecule has 0 aromatic heterocycles. The number of nitro groups is 1. The van der Waals surface area contributed by atoms with Crippen molar-refractivity contribution in [2.45, 2.75) is 6.42 Å². The molecule has 18 heavy (non-hydrogen) atoms. The van der Waals surface area contributed by atoms with Gasteiger partial charge in [-0.15, -0.1) is 0 Å². The Labute approximate surface area is 112 Å². The Morgan fingerprint density at radius 2 is 2.11 bits per heavy atom. The molecule has 0 heterocycles. The Morgan fingerprint density at radius 1 is 1.44 bits per heavy atom. The zero-order chi connectivity index (χ0) is 13.8. The molecule has 7 nitrogen and oxygen atoms in total. The van der Waals surface area contributed by atoms with Crippen molar-refractivity contribution in [2.75, 3.05) is 12.4 Å². The van der Waals surface area contributed by atoms with E-state index in [4.69, 9.17) is 9.88 Å². The molecule has 0 spiro atoms. The van der Waals surface area contributed by atoms with Crippen molar-refractivity contribution in [2.24, 2.45) is 5.14 Å². The number of hydrogen-bond acceptors (Lipinski definition) is 5. The molecule has 0 radical (unpaired) electrons. The molecule has 9 heteroatoms. The summed E-state index contributed by atoms with van der Waals surface area (Å²) in [5.41, 5.74) is -0.181. The van der Waals surface area contributed by atoms with Gasteiger partial charge in [-0.25, -0.2) is 13.6 Å². The lowest BCUT2D eigenvalue weighted by atomic mass is 10.3. The van der Waals surface area contributed by atoms with E-state index in [-0.39, 0.29) is 30.2 Å². The number of nitro benzene ring substituents is 1. The summed E-state index contributed by atoms with van der Waals surface area (Å²) in [5.74, 6) is -0.150. The van der Waals surface area contributed by atoms with Crippen molar-refractivity contribution in [3.8, 4) is 5.75 Å². The van der Waals surface area contributed by atoms with Gasteiger partial charge in [0, 0.05) is 6.07 Å². The van der Waals surface area contributed by atoms with Crippen LogP contribution in [0.25, 0.3) is 0 Å². The summed E-state index contributed by atoms with van der Waals surface area (Å²) >= 11 is 3.13. The molecular weight excluding hydrogens is 328 g/mol. The van der Waals surface area contributed by atoms with Gasteiger partial charge in [0.15, 0.2) is 0 Å². The highest BCUT2D eigenvalue weighted by Gasteiger charge is 2.17. The van der Waals surface area contributed by atoms with Gasteiger partial charge in [-0.1, -0.05) is 6.07 Å². The maximum Gasteiger partial charge on any atom is 0.312 e. The molecule has 0 atom stereocenters. The van der Waals surface area contributed by atoms with E-state index in [1.807, 2.05) is 0 Å². The average Bonchev–Trinajstić information content (AvgIpc) is 2.24. The first-order chi connectivity index (χ1) is 8.31. The summed E-state index contributed by atoms with van der Waals surface area (Å²) in [5, 5.41) is 15.6. The number of primary sulfonamides is 1. The van der Waals surface area contributed by atoms with Crippen LogP contribution < -0.4 is 9.88 Å². The number of hydrogen-bond donors (Lipinski definition) is 1. The smallest absolute Gasteiger partial charge is 0.312 e. The molecule has 1 rings (SSSR count). The zero-order valence-corrected chi connectivity index (χ0v) is 11.6. The van der Waals surface area contributed by atoms with Crippen molar-refractivity contribution in [3.05, 3.63) is 32.8 Å². The van der Waals surface area contributed by atoms with E-state index in [9.17, 15) is 18.5 Å². The Balaban J connectivity index is 2.70. The maximum atomic E-state index is 10.8. The number of nitrogens with zero attached hydrogens (tertiary/aromatic N) is 1. The van der Waals surface area contributed by atoms with Crippen LogP contribution in [0, 0.1) is 10.1 Å². The fourth-order valence-corrected chi connectivity index (χ4v) is 2.21. The van der Waals surface area contributed by atoms with E-state index in [0.29, 0.717) is 4.47 Å². The number of ether oxygens (including phenoxy) is 1. The third-order valence-corrected chi connectivity index (χ3v) is 3.44. The van der Waals surface area contributed by atoms with Gasteiger partial charge in [-0.2, -0.15) is 0 Å². The second kappa shape index (κ2) is 6.12. The first-order valence-corrected chi connectivity index (χ1v) is 7.38. The van der Waals surface area contributed by atoms with Crippen molar-refractivity contribution >= 4 is 31.6 Å². The van der Waals surface area contributed by atoms with Gasteiger partial charge in [-0.3, -0.25) is 10.1 Å². The minimum atomic E-state index is -3.54. The van der Waals surface area contributed by atoms with Gasteiger partial charge < -0.3 is 4.74 Å². The van der Waals surface area contributed by atoms with Crippen molar-refractivity contribution < 1.29 is 18.1 Å². The SMILES string of the molecule is NS(=O)(=O)CCCOc1c(Br)cccc1[N+](=O)[O-]. The second-order valence-electron chi connectivity index (χ2n) is 3.41. The zero-order valence-electron chi connectivity index (χ0n) is 9.21. The molecule has 0 aliphatic heterocycles. The van der Waals surface area contributed by atoms with Crippen LogP contribution in [0.5, 0.6) is 5.75 Å². The van der Waals surface area contributed by atoms with Crippen molar-refractivity contribution in [3.63, 3.8) is 0 Å². The molecule has 0 saturated carbocycles. The van der Waals surface area contributed by atoms with Crippen LogP contribution in [-0.4, -0.2) is 25.7 Å². The molecule has 0 aliphatic rings. The fraction of sp³-hybridized carbons (Fsp3) is 0.333. The van der Waals surface area contributed by atoms with E-state index < -0.39 is 14.9 Å². The van der Waals surface area contributed by atoms with Gasteiger partial charge >= 0.3 is 5.69 Å². The van der Waals surface area contributed by atoms with Crippen LogP contribution in [0.15, 0.2) is 22.7 Å². The number of benzene rings is 1. The molecule has 100 valence electrons. The Morgan fingerprint density at radius 3 is 2.67 bits per heavy atom. The summed E-state index contributed by atoms with van der Waals surface area (Å²) in [6.45, 7) is 0.0277. The maximum absolute atomic E-state index is 10.8. The highest BCUT2D eigenvalue weighted by atomic mass is 79.9. The average molecular weight is 339 g/mol. The lowest BCUT2D eigenvalue weighted by molar-refractivity contribution is -0.386. The molecular formula is C9H11BrN2O5S. The largest absolute Gasteiger partial charge is 0.486 e. The lowest BCUT2D eigenvalue weighted by Crippen LogP contribution is -2.18. The minimum Gasteiger partial charge on any atom is -0.486 e. The fourth-order valence-electron chi connectivity index (χ4n) is 1.22.